The molecule has 0 aromatic heterocycles. The van der Waals surface area contributed by atoms with Gasteiger partial charge in [-0.2, -0.15) is 13.2 Å². The van der Waals surface area contributed by atoms with E-state index in [-0.39, 0.29) is 22.7 Å². The number of hydrogen-bond donors (Lipinski definition) is 1. The van der Waals surface area contributed by atoms with E-state index in [1.807, 2.05) is 0 Å². The van der Waals surface area contributed by atoms with Gasteiger partial charge in [0.15, 0.2) is 6.61 Å². The average molecular weight is 424 g/mol. The predicted octanol–water partition coefficient (Wildman–Crippen LogP) is 3.82. The van der Waals surface area contributed by atoms with Crippen LogP contribution in [0, 0.1) is 10.1 Å². The molecular formula is C19H15F3N2O6. The highest BCUT2D eigenvalue weighted by atomic mass is 19.4. The highest BCUT2D eigenvalue weighted by Gasteiger charge is 2.30. The number of anilines is 1. The lowest BCUT2D eigenvalue weighted by molar-refractivity contribution is -0.384. The molecule has 2 rings (SSSR count). The molecule has 0 unspecified atom stereocenters. The minimum Gasteiger partial charge on any atom is -0.494 e. The quantitative estimate of drug-likeness (QED) is 0.313. The van der Waals surface area contributed by atoms with Gasteiger partial charge in [-0.15, -0.1) is 0 Å². The summed E-state index contributed by atoms with van der Waals surface area (Å²) in [5, 5.41) is 13.1. The number of nitrogens with one attached hydrogen (secondary N) is 1. The zero-order chi connectivity index (χ0) is 22.3. The number of nitro benzene ring substituents is 1. The molecule has 1 N–H and O–H groups in total. The van der Waals surface area contributed by atoms with Gasteiger partial charge in [0.1, 0.15) is 5.75 Å². The maximum Gasteiger partial charge on any atom is 0.416 e. The zero-order valence-electron chi connectivity index (χ0n) is 15.4. The third kappa shape index (κ3) is 6.33. The first-order valence-corrected chi connectivity index (χ1v) is 8.24. The molecule has 0 aliphatic heterocycles. The largest absolute Gasteiger partial charge is 0.494 e. The maximum absolute atomic E-state index is 12.7. The number of nitro groups is 1. The van der Waals surface area contributed by atoms with Gasteiger partial charge in [-0.25, -0.2) is 4.79 Å². The fourth-order valence-corrected chi connectivity index (χ4v) is 2.25. The van der Waals surface area contributed by atoms with Crippen molar-refractivity contribution < 1.29 is 37.2 Å². The number of alkyl halides is 3. The second-order valence-electron chi connectivity index (χ2n) is 5.75. The Hall–Kier alpha value is -3.89. The van der Waals surface area contributed by atoms with Crippen molar-refractivity contribution in [1.82, 2.24) is 0 Å². The summed E-state index contributed by atoms with van der Waals surface area (Å²) >= 11 is 0. The van der Waals surface area contributed by atoms with Gasteiger partial charge >= 0.3 is 12.1 Å². The van der Waals surface area contributed by atoms with Gasteiger partial charge in [-0.05, 0) is 29.8 Å². The molecule has 0 spiro atoms. The molecular weight excluding hydrogens is 409 g/mol. The van der Waals surface area contributed by atoms with Crippen molar-refractivity contribution in [3.63, 3.8) is 0 Å². The second kappa shape index (κ2) is 9.54. The van der Waals surface area contributed by atoms with Gasteiger partial charge in [0.2, 0.25) is 0 Å². The summed E-state index contributed by atoms with van der Waals surface area (Å²) in [6, 6.07) is 7.83. The van der Waals surface area contributed by atoms with E-state index in [9.17, 15) is 32.9 Å². The molecule has 30 heavy (non-hydrogen) atoms. The van der Waals surface area contributed by atoms with Crippen LogP contribution in [0.3, 0.4) is 0 Å². The molecule has 0 atom stereocenters. The number of ether oxygens (including phenoxy) is 2. The lowest BCUT2D eigenvalue weighted by Gasteiger charge is -2.10. The molecule has 11 heteroatoms. The summed E-state index contributed by atoms with van der Waals surface area (Å²) in [4.78, 5) is 33.7. The van der Waals surface area contributed by atoms with Crippen LogP contribution in [0.1, 0.15) is 11.1 Å². The summed E-state index contributed by atoms with van der Waals surface area (Å²) in [5.74, 6) is -1.66. The lowest BCUT2D eigenvalue weighted by Crippen LogP contribution is -2.20. The molecule has 8 nitrogen and oxygen atoms in total. The van der Waals surface area contributed by atoms with Crippen molar-refractivity contribution >= 4 is 29.3 Å². The number of hydrogen-bond acceptors (Lipinski definition) is 6. The Morgan fingerprint density at radius 2 is 1.93 bits per heavy atom. The highest BCUT2D eigenvalue weighted by molar-refractivity contribution is 5.95. The molecule has 0 saturated heterocycles. The van der Waals surface area contributed by atoms with Crippen LogP contribution in [-0.4, -0.2) is 30.5 Å². The maximum atomic E-state index is 12.7. The van der Waals surface area contributed by atoms with Crippen molar-refractivity contribution in [2.75, 3.05) is 19.0 Å². The van der Waals surface area contributed by atoms with Crippen LogP contribution in [0.2, 0.25) is 0 Å². The molecule has 0 heterocycles. The first-order valence-electron chi connectivity index (χ1n) is 8.24. The van der Waals surface area contributed by atoms with Crippen LogP contribution >= 0.6 is 0 Å². The summed E-state index contributed by atoms with van der Waals surface area (Å²) < 4.78 is 47.7. The number of rotatable bonds is 7. The van der Waals surface area contributed by atoms with Crippen LogP contribution in [0.25, 0.3) is 6.08 Å². The van der Waals surface area contributed by atoms with Crippen molar-refractivity contribution in [2.45, 2.75) is 6.18 Å². The molecule has 158 valence electrons. The third-order valence-electron chi connectivity index (χ3n) is 3.64. The normalized spacial score (nSPS) is 11.2. The summed E-state index contributed by atoms with van der Waals surface area (Å²) in [6.07, 6.45) is -2.51. The Kier molecular flexibility index (Phi) is 7.13. The smallest absolute Gasteiger partial charge is 0.416 e. The molecule has 0 fully saturated rings. The third-order valence-corrected chi connectivity index (χ3v) is 3.64. The van der Waals surface area contributed by atoms with Crippen molar-refractivity contribution in [2.24, 2.45) is 0 Å². The van der Waals surface area contributed by atoms with Crippen molar-refractivity contribution in [1.29, 1.82) is 0 Å². The molecule has 2 aromatic carbocycles. The summed E-state index contributed by atoms with van der Waals surface area (Å²) in [6.45, 7) is -0.689. The number of benzene rings is 2. The van der Waals surface area contributed by atoms with E-state index in [1.54, 1.807) is 0 Å². The Labute approximate surface area is 168 Å². The van der Waals surface area contributed by atoms with E-state index < -0.39 is 35.1 Å². The van der Waals surface area contributed by atoms with E-state index >= 15 is 0 Å². The van der Waals surface area contributed by atoms with E-state index in [4.69, 9.17) is 9.47 Å². The first kappa shape index (κ1) is 22.4. The molecule has 2 aromatic rings. The summed E-state index contributed by atoms with van der Waals surface area (Å²) in [5.41, 5.74) is -0.851. The molecule has 1 amide bonds. The number of nitrogens with zero attached hydrogens (tertiary/aromatic N) is 1. The molecule has 0 aliphatic carbocycles. The number of halogens is 3. The van der Waals surface area contributed by atoms with Crippen molar-refractivity contribution in [3.8, 4) is 5.75 Å². The predicted molar refractivity (Wildman–Crippen MR) is 99.7 cm³/mol. The molecule has 0 bridgehead atoms. The monoisotopic (exact) mass is 424 g/mol. The zero-order valence-corrected chi connectivity index (χ0v) is 15.4. The van der Waals surface area contributed by atoms with Gasteiger partial charge < -0.3 is 14.8 Å². The van der Waals surface area contributed by atoms with Crippen LogP contribution in [0.5, 0.6) is 5.75 Å². The number of methoxy groups -OCH3 is 1. The Morgan fingerprint density at radius 3 is 2.57 bits per heavy atom. The Bertz CT molecular complexity index is 988. The number of carbonyl (C=O) groups is 2. The van der Waals surface area contributed by atoms with Gasteiger partial charge in [0, 0.05) is 12.1 Å². The van der Waals surface area contributed by atoms with E-state index in [1.165, 1.54) is 25.3 Å². The fraction of sp³-hybridized carbons (Fsp3) is 0.158. The van der Waals surface area contributed by atoms with Crippen molar-refractivity contribution in [3.05, 3.63) is 69.8 Å². The number of amides is 1. The van der Waals surface area contributed by atoms with Gasteiger partial charge in [-0.1, -0.05) is 12.1 Å². The highest BCUT2D eigenvalue weighted by Crippen LogP contribution is 2.30. The van der Waals surface area contributed by atoms with Crippen LogP contribution < -0.4 is 10.1 Å². The SMILES string of the molecule is COc1cc([N+](=O)[O-])ccc1NC(=O)COC(=O)/C=C/c1cccc(C(F)(F)F)c1. The van der Waals surface area contributed by atoms with Gasteiger partial charge in [0.25, 0.3) is 11.6 Å². The minimum atomic E-state index is -4.51. The van der Waals surface area contributed by atoms with E-state index in [0.29, 0.717) is 0 Å². The fourth-order valence-electron chi connectivity index (χ4n) is 2.25. The number of carbonyl (C=O) groups excluding carboxylic acids is 2. The van der Waals surface area contributed by atoms with Gasteiger partial charge in [-0.3, -0.25) is 14.9 Å². The topological polar surface area (TPSA) is 108 Å². The molecule has 0 radical (unpaired) electrons. The molecule has 0 aliphatic rings. The number of non-ortho nitro benzene ring substituents is 1. The standard InChI is InChI=1S/C19H15F3N2O6/c1-29-16-10-14(24(27)28)6-7-15(16)23-17(25)11-30-18(26)8-5-12-3-2-4-13(9-12)19(20,21)22/h2-10H,11H2,1H3,(H,23,25)/b8-5+. The van der Waals surface area contributed by atoms with Crippen LogP contribution in [-0.2, 0) is 20.5 Å². The average Bonchev–Trinajstić information content (AvgIpc) is 2.70. The first-order chi connectivity index (χ1) is 14.1. The Balaban J connectivity index is 1.93. The minimum absolute atomic E-state index is 0.0355. The van der Waals surface area contributed by atoms with Crippen LogP contribution in [0.15, 0.2) is 48.5 Å². The lowest BCUT2D eigenvalue weighted by atomic mass is 10.1. The molecule has 0 saturated carbocycles. The number of esters is 1. The summed E-state index contributed by atoms with van der Waals surface area (Å²) in [7, 11) is 1.26. The Morgan fingerprint density at radius 1 is 1.20 bits per heavy atom. The second-order valence-corrected chi connectivity index (χ2v) is 5.75. The van der Waals surface area contributed by atoms with Crippen LogP contribution in [0.4, 0.5) is 24.5 Å². The van der Waals surface area contributed by atoms with Gasteiger partial charge in [0.05, 0.1) is 29.4 Å². The van der Waals surface area contributed by atoms with E-state index in [2.05, 4.69) is 5.32 Å². The van der Waals surface area contributed by atoms with E-state index in [0.717, 1.165) is 36.4 Å².